The fraction of sp³-hybridized carbons (Fsp3) is 0.565. The van der Waals surface area contributed by atoms with Gasteiger partial charge >= 0.3 is 0 Å². The van der Waals surface area contributed by atoms with Crippen molar-refractivity contribution >= 4 is 15.8 Å². The molecule has 7 nitrogen and oxygen atoms in total. The van der Waals surface area contributed by atoms with E-state index in [2.05, 4.69) is 14.7 Å². The molecule has 168 valence electrons. The van der Waals surface area contributed by atoms with Crippen LogP contribution >= 0.6 is 0 Å². The topological polar surface area (TPSA) is 84.3 Å². The van der Waals surface area contributed by atoms with Crippen LogP contribution in [0.15, 0.2) is 27.9 Å². The lowest BCUT2D eigenvalue weighted by molar-refractivity contribution is 0.452. The molecular formula is C23H32N4O3S. The van der Waals surface area contributed by atoms with Crippen LogP contribution in [0.1, 0.15) is 47.9 Å². The minimum Gasteiger partial charge on any atom is -0.355 e. The summed E-state index contributed by atoms with van der Waals surface area (Å²) in [5, 5.41) is 4.56. The van der Waals surface area contributed by atoms with Gasteiger partial charge in [-0.05, 0) is 87.6 Å². The van der Waals surface area contributed by atoms with Gasteiger partial charge in [0.1, 0.15) is 5.82 Å². The van der Waals surface area contributed by atoms with E-state index in [0.29, 0.717) is 43.3 Å². The molecule has 0 spiro atoms. The van der Waals surface area contributed by atoms with Gasteiger partial charge in [-0.1, -0.05) is 6.07 Å². The molecule has 1 aromatic heterocycles. The smallest absolute Gasteiger partial charge is 0.266 e. The Bertz CT molecular complexity index is 1120. The summed E-state index contributed by atoms with van der Waals surface area (Å²) >= 11 is 0. The van der Waals surface area contributed by atoms with Gasteiger partial charge in [0.2, 0.25) is 10.0 Å². The van der Waals surface area contributed by atoms with Crippen LogP contribution in [0, 0.1) is 33.6 Å². The largest absolute Gasteiger partial charge is 0.355 e. The minimum atomic E-state index is -3.60. The second-order valence-electron chi connectivity index (χ2n) is 9.13. The van der Waals surface area contributed by atoms with Gasteiger partial charge in [-0.2, -0.15) is 5.10 Å². The summed E-state index contributed by atoms with van der Waals surface area (Å²) < 4.78 is 30.9. The van der Waals surface area contributed by atoms with Crippen LogP contribution in [0.5, 0.6) is 0 Å². The highest BCUT2D eigenvalue weighted by atomic mass is 32.2. The molecule has 1 aliphatic heterocycles. The van der Waals surface area contributed by atoms with Crippen molar-refractivity contribution in [1.29, 1.82) is 0 Å². The molecule has 1 aliphatic carbocycles. The third-order valence-corrected chi connectivity index (χ3v) is 8.48. The zero-order valence-corrected chi connectivity index (χ0v) is 19.6. The SMILES string of the molecule is Cc1cc(C)c(C)c(S(=O)(=O)NC2CCN(c3ccc(=O)n(CC4CC4)n3)CC2)c1C. The molecule has 0 amide bonds. The van der Waals surface area contributed by atoms with Gasteiger partial charge in [0, 0.05) is 31.7 Å². The highest BCUT2D eigenvalue weighted by molar-refractivity contribution is 7.89. The van der Waals surface area contributed by atoms with Crippen molar-refractivity contribution in [1.82, 2.24) is 14.5 Å². The van der Waals surface area contributed by atoms with Gasteiger partial charge in [-0.3, -0.25) is 4.79 Å². The first-order valence-electron chi connectivity index (χ1n) is 11.1. The van der Waals surface area contributed by atoms with E-state index in [1.54, 1.807) is 16.8 Å². The average molecular weight is 445 g/mol. The predicted molar refractivity (Wildman–Crippen MR) is 122 cm³/mol. The zero-order chi connectivity index (χ0) is 22.3. The number of nitrogens with zero attached hydrogens (tertiary/aromatic N) is 3. The van der Waals surface area contributed by atoms with Crippen LogP contribution in [0.2, 0.25) is 0 Å². The van der Waals surface area contributed by atoms with E-state index in [9.17, 15) is 13.2 Å². The van der Waals surface area contributed by atoms with E-state index in [1.165, 1.54) is 12.8 Å². The van der Waals surface area contributed by atoms with E-state index in [-0.39, 0.29) is 11.6 Å². The van der Waals surface area contributed by atoms with E-state index >= 15 is 0 Å². The molecule has 2 heterocycles. The van der Waals surface area contributed by atoms with Gasteiger partial charge < -0.3 is 4.90 Å². The maximum absolute atomic E-state index is 13.2. The zero-order valence-electron chi connectivity index (χ0n) is 18.8. The molecule has 1 saturated heterocycles. The lowest BCUT2D eigenvalue weighted by atomic mass is 10.0. The number of piperidine rings is 1. The Labute approximate surface area is 184 Å². The van der Waals surface area contributed by atoms with Crippen LogP contribution in [0.3, 0.4) is 0 Å². The van der Waals surface area contributed by atoms with Crippen LogP contribution < -0.4 is 15.2 Å². The van der Waals surface area contributed by atoms with Crippen LogP contribution in [0.4, 0.5) is 5.82 Å². The van der Waals surface area contributed by atoms with Crippen molar-refractivity contribution < 1.29 is 8.42 Å². The molecule has 1 aromatic carbocycles. The van der Waals surface area contributed by atoms with Crippen molar-refractivity contribution in [2.75, 3.05) is 18.0 Å². The first-order valence-corrected chi connectivity index (χ1v) is 12.6. The Morgan fingerprint density at radius 3 is 2.19 bits per heavy atom. The third kappa shape index (κ3) is 4.70. The molecule has 4 rings (SSSR count). The second kappa shape index (κ2) is 8.39. The summed E-state index contributed by atoms with van der Waals surface area (Å²) in [6.07, 6.45) is 3.74. The number of benzene rings is 1. The molecule has 1 N–H and O–H groups in total. The van der Waals surface area contributed by atoms with Gasteiger partial charge in [0.05, 0.1) is 4.90 Å². The molecule has 0 radical (unpaired) electrons. The van der Waals surface area contributed by atoms with Crippen LogP contribution in [-0.2, 0) is 16.6 Å². The summed E-state index contributed by atoms with van der Waals surface area (Å²) in [7, 11) is -3.60. The number of sulfonamides is 1. The standard InChI is InChI=1S/C23H32N4O3S/c1-15-13-16(2)18(4)23(17(15)3)31(29,30)25-20-9-11-26(12-10-20)21-7-8-22(28)27(24-21)14-19-5-6-19/h7-8,13,19-20,25H,5-6,9-12,14H2,1-4H3. The quantitative estimate of drug-likeness (QED) is 0.741. The molecule has 2 aliphatic rings. The van der Waals surface area contributed by atoms with Crippen LogP contribution in [0.25, 0.3) is 0 Å². The number of nitrogens with one attached hydrogen (secondary N) is 1. The summed E-state index contributed by atoms with van der Waals surface area (Å²) in [5.41, 5.74) is 3.55. The fourth-order valence-electron chi connectivity index (χ4n) is 4.37. The number of hydrogen-bond donors (Lipinski definition) is 1. The predicted octanol–water partition coefficient (Wildman–Crippen LogP) is 2.83. The molecule has 8 heteroatoms. The maximum atomic E-state index is 13.2. The van der Waals surface area contributed by atoms with Crippen molar-refractivity contribution in [2.24, 2.45) is 5.92 Å². The van der Waals surface area contributed by atoms with Gasteiger partial charge in [0.25, 0.3) is 5.56 Å². The van der Waals surface area contributed by atoms with E-state index in [1.807, 2.05) is 33.8 Å². The normalized spacial score (nSPS) is 17.9. The molecule has 1 saturated carbocycles. The first-order chi connectivity index (χ1) is 14.7. The van der Waals surface area contributed by atoms with Crippen molar-refractivity contribution in [3.8, 4) is 0 Å². The average Bonchev–Trinajstić information content (AvgIpc) is 3.53. The fourth-order valence-corrected chi connectivity index (χ4v) is 6.29. The third-order valence-electron chi connectivity index (χ3n) is 6.69. The number of rotatable bonds is 6. The summed E-state index contributed by atoms with van der Waals surface area (Å²) in [6, 6.07) is 5.29. The minimum absolute atomic E-state index is 0.0579. The second-order valence-corrected chi connectivity index (χ2v) is 10.8. The molecule has 2 aromatic rings. The van der Waals surface area contributed by atoms with Crippen LogP contribution in [-0.4, -0.2) is 37.3 Å². The Kier molecular flexibility index (Phi) is 5.96. The van der Waals surface area contributed by atoms with Crippen molar-refractivity contribution in [3.05, 3.63) is 50.8 Å². The first kappa shape index (κ1) is 22.0. The summed E-state index contributed by atoms with van der Waals surface area (Å²) in [5.74, 6) is 1.38. The molecule has 0 unspecified atom stereocenters. The Morgan fingerprint density at radius 2 is 1.61 bits per heavy atom. The summed E-state index contributed by atoms with van der Waals surface area (Å²) in [6.45, 7) is 9.75. The number of anilines is 1. The number of hydrogen-bond acceptors (Lipinski definition) is 5. The maximum Gasteiger partial charge on any atom is 0.266 e. The highest BCUT2D eigenvalue weighted by Gasteiger charge is 2.29. The van der Waals surface area contributed by atoms with E-state index < -0.39 is 10.0 Å². The molecule has 0 bridgehead atoms. The lowest BCUT2D eigenvalue weighted by Gasteiger charge is -2.33. The number of aromatic nitrogens is 2. The monoisotopic (exact) mass is 444 g/mol. The lowest BCUT2D eigenvalue weighted by Crippen LogP contribution is -2.45. The van der Waals surface area contributed by atoms with Gasteiger partial charge in [0.15, 0.2) is 0 Å². The molecule has 0 atom stereocenters. The number of aryl methyl sites for hydroxylation is 2. The van der Waals surface area contributed by atoms with Gasteiger partial charge in [-0.15, -0.1) is 0 Å². The Morgan fingerprint density at radius 1 is 1.00 bits per heavy atom. The van der Waals surface area contributed by atoms with E-state index in [0.717, 1.165) is 28.1 Å². The Balaban J connectivity index is 1.44. The molecule has 2 fully saturated rings. The van der Waals surface area contributed by atoms with E-state index in [4.69, 9.17) is 0 Å². The van der Waals surface area contributed by atoms with Gasteiger partial charge in [-0.25, -0.2) is 17.8 Å². The molecule has 31 heavy (non-hydrogen) atoms. The molecular weight excluding hydrogens is 412 g/mol. The summed E-state index contributed by atoms with van der Waals surface area (Å²) in [4.78, 5) is 14.6. The Hall–Kier alpha value is -2.19. The van der Waals surface area contributed by atoms with Crippen molar-refractivity contribution in [3.63, 3.8) is 0 Å². The van der Waals surface area contributed by atoms with Crippen molar-refractivity contribution in [2.45, 2.75) is 70.9 Å². The highest BCUT2D eigenvalue weighted by Crippen LogP contribution is 2.30.